The number of aromatic nitrogens is 2. The molecule has 1 aliphatic rings. The number of H-pyrrole nitrogens is 1. The van der Waals surface area contributed by atoms with Gasteiger partial charge in [-0.3, -0.25) is 9.55 Å². The summed E-state index contributed by atoms with van der Waals surface area (Å²) < 4.78 is 7.39. The first kappa shape index (κ1) is 10.6. The fourth-order valence-electron chi connectivity index (χ4n) is 1.65. The zero-order valence-electron chi connectivity index (χ0n) is 8.40. The van der Waals surface area contributed by atoms with E-state index in [2.05, 4.69) is 4.98 Å². The number of hydrogen-bond donors (Lipinski definition) is 1. The van der Waals surface area contributed by atoms with E-state index in [1.165, 1.54) is 4.57 Å². The van der Waals surface area contributed by atoms with Gasteiger partial charge < -0.3 is 4.74 Å². The minimum atomic E-state index is -0.273. The molecule has 0 aromatic carbocycles. The smallest absolute Gasteiger partial charge is 0.328 e. The molecule has 1 unspecified atom stereocenters. The summed E-state index contributed by atoms with van der Waals surface area (Å²) in [7, 11) is 5.61. The molecule has 78 valence electrons. The van der Waals surface area contributed by atoms with Gasteiger partial charge in [-0.15, -0.1) is 0 Å². The Labute approximate surface area is 93.7 Å². The summed E-state index contributed by atoms with van der Waals surface area (Å²) in [5.41, 5.74) is 0.610. The third kappa shape index (κ3) is 2.05. The van der Waals surface area contributed by atoms with Crippen molar-refractivity contribution < 1.29 is 4.74 Å². The van der Waals surface area contributed by atoms with Gasteiger partial charge in [-0.2, -0.15) is 0 Å². The van der Waals surface area contributed by atoms with E-state index >= 15 is 0 Å². The fraction of sp³-hybridized carbons (Fsp3) is 0.556. The third-order valence-corrected chi connectivity index (χ3v) is 2.91. The Bertz CT molecular complexity index is 482. The molecule has 1 N–H and O–H groups in total. The number of aryl methyl sites for hydroxylation is 1. The van der Waals surface area contributed by atoms with Crippen LogP contribution in [0.25, 0.3) is 0 Å². The number of hydrogen-bond acceptors (Lipinski definition) is 3. The second-order valence-corrected chi connectivity index (χ2v) is 4.09. The average Bonchev–Trinajstić information content (AvgIpc) is 2.58. The molecule has 0 aliphatic carbocycles. The molecule has 0 spiro atoms. The van der Waals surface area contributed by atoms with Crippen molar-refractivity contribution in [3.63, 3.8) is 0 Å². The number of nitrogens with one attached hydrogen (secondary N) is 1. The summed E-state index contributed by atoms with van der Waals surface area (Å²) in [6.45, 7) is 1.85. The predicted octanol–water partition coefficient (Wildman–Crippen LogP) is 1.02. The third-order valence-electron chi connectivity index (χ3n) is 2.49. The molecule has 1 fully saturated rings. The SMILES string of the molecule is [B][C@@H]1CCC(n2cc(C)c(=S)[nH]c2=O)O1. The molecule has 6 heteroatoms. The van der Waals surface area contributed by atoms with Gasteiger partial charge in [-0.1, -0.05) is 12.2 Å². The largest absolute Gasteiger partial charge is 0.364 e. The molecule has 0 bridgehead atoms. The standard InChI is InChI=1S/C9H11BN2O2S/c1-5-4-12(9(13)11-8(5)15)7-3-2-6(10)14-7/h4,6-7H,2-3H2,1H3,(H,11,13,15)/t6-,7?/m0/s1. The van der Waals surface area contributed by atoms with Crippen LogP contribution in [-0.2, 0) is 4.74 Å². The first-order valence-corrected chi connectivity index (χ1v) is 5.22. The molecule has 2 heterocycles. The van der Waals surface area contributed by atoms with E-state index in [0.29, 0.717) is 4.64 Å². The lowest BCUT2D eigenvalue weighted by molar-refractivity contribution is 0.0339. The van der Waals surface area contributed by atoms with Gasteiger partial charge in [0.25, 0.3) is 0 Å². The highest BCUT2D eigenvalue weighted by molar-refractivity contribution is 7.71. The van der Waals surface area contributed by atoms with Gasteiger partial charge in [0.05, 0.1) is 0 Å². The molecule has 0 amide bonds. The summed E-state index contributed by atoms with van der Waals surface area (Å²) in [6.07, 6.45) is 2.97. The second-order valence-electron chi connectivity index (χ2n) is 3.69. The fourth-order valence-corrected chi connectivity index (χ4v) is 1.79. The molecule has 0 saturated carbocycles. The van der Waals surface area contributed by atoms with Crippen LogP contribution in [-0.4, -0.2) is 23.4 Å². The van der Waals surface area contributed by atoms with E-state index in [9.17, 15) is 4.79 Å². The molecule has 2 rings (SSSR count). The van der Waals surface area contributed by atoms with Gasteiger partial charge in [0.15, 0.2) is 0 Å². The van der Waals surface area contributed by atoms with Crippen LogP contribution >= 0.6 is 12.2 Å². The highest BCUT2D eigenvalue weighted by Gasteiger charge is 2.23. The van der Waals surface area contributed by atoms with Crippen molar-refractivity contribution in [1.82, 2.24) is 9.55 Å². The first-order chi connectivity index (χ1) is 7.08. The van der Waals surface area contributed by atoms with Crippen molar-refractivity contribution in [2.45, 2.75) is 32.0 Å². The first-order valence-electron chi connectivity index (χ1n) is 4.81. The van der Waals surface area contributed by atoms with Gasteiger partial charge in [-0.05, 0) is 19.8 Å². The Hall–Kier alpha value is -0.875. The number of rotatable bonds is 1. The van der Waals surface area contributed by atoms with Crippen LogP contribution in [0.15, 0.2) is 11.0 Å². The number of nitrogens with zero attached hydrogens (tertiary/aromatic N) is 1. The lowest BCUT2D eigenvalue weighted by Gasteiger charge is -2.14. The van der Waals surface area contributed by atoms with Crippen molar-refractivity contribution in [3.05, 3.63) is 26.9 Å². The molecule has 2 radical (unpaired) electrons. The normalized spacial score (nSPS) is 25.7. The zero-order valence-corrected chi connectivity index (χ0v) is 9.21. The minimum Gasteiger partial charge on any atom is -0.364 e. The Morgan fingerprint density at radius 2 is 2.40 bits per heavy atom. The van der Waals surface area contributed by atoms with Gasteiger partial charge in [0, 0.05) is 17.8 Å². The van der Waals surface area contributed by atoms with Gasteiger partial charge in [0.2, 0.25) is 0 Å². The van der Waals surface area contributed by atoms with Crippen LogP contribution in [0.5, 0.6) is 0 Å². The second kappa shape index (κ2) is 3.94. The monoisotopic (exact) mass is 222 g/mol. The summed E-state index contributed by atoms with van der Waals surface area (Å²) >= 11 is 4.96. The summed E-state index contributed by atoms with van der Waals surface area (Å²) in [5, 5.41) is 0. The summed E-state index contributed by atoms with van der Waals surface area (Å²) in [4.78, 5) is 14.2. The van der Waals surface area contributed by atoms with E-state index in [1.807, 2.05) is 6.92 Å². The summed E-state index contributed by atoms with van der Waals surface area (Å²) in [5.74, 6) is 0. The summed E-state index contributed by atoms with van der Waals surface area (Å²) in [6, 6.07) is -0.273. The van der Waals surface area contributed by atoms with Crippen molar-refractivity contribution in [2.24, 2.45) is 0 Å². The topological polar surface area (TPSA) is 47.0 Å². The minimum absolute atomic E-state index is 0.246. The van der Waals surface area contributed by atoms with Crippen LogP contribution in [0.2, 0.25) is 0 Å². The maximum atomic E-state index is 11.6. The highest BCUT2D eigenvalue weighted by atomic mass is 32.1. The molecule has 1 aromatic rings. The highest BCUT2D eigenvalue weighted by Crippen LogP contribution is 2.25. The van der Waals surface area contributed by atoms with Crippen molar-refractivity contribution in [1.29, 1.82) is 0 Å². The van der Waals surface area contributed by atoms with E-state index in [-0.39, 0.29) is 17.9 Å². The van der Waals surface area contributed by atoms with Crippen molar-refractivity contribution in [3.8, 4) is 0 Å². The number of aromatic amines is 1. The van der Waals surface area contributed by atoms with Crippen molar-refractivity contribution >= 4 is 20.1 Å². The quantitative estimate of drug-likeness (QED) is 0.570. The lowest BCUT2D eigenvalue weighted by atomic mass is 9.98. The van der Waals surface area contributed by atoms with Gasteiger partial charge in [-0.25, -0.2) is 4.79 Å². The molecule has 15 heavy (non-hydrogen) atoms. The van der Waals surface area contributed by atoms with E-state index < -0.39 is 0 Å². The Morgan fingerprint density at radius 3 is 3.00 bits per heavy atom. The molecular weight excluding hydrogens is 211 g/mol. The maximum Gasteiger partial charge on any atom is 0.328 e. The van der Waals surface area contributed by atoms with Crippen molar-refractivity contribution in [2.75, 3.05) is 0 Å². The predicted molar refractivity (Wildman–Crippen MR) is 59.5 cm³/mol. The molecule has 4 nitrogen and oxygen atoms in total. The Kier molecular flexibility index (Phi) is 2.80. The van der Waals surface area contributed by atoms with E-state index in [1.54, 1.807) is 6.20 Å². The number of ether oxygens (including phenoxy) is 1. The maximum absolute atomic E-state index is 11.6. The molecule has 2 atom stereocenters. The van der Waals surface area contributed by atoms with Crippen LogP contribution in [0.3, 0.4) is 0 Å². The van der Waals surface area contributed by atoms with Gasteiger partial charge in [0.1, 0.15) is 18.7 Å². The van der Waals surface area contributed by atoms with Crippen LogP contribution < -0.4 is 5.69 Å². The van der Waals surface area contributed by atoms with E-state index in [0.717, 1.165) is 18.4 Å². The molecular formula is C9H11BN2O2S. The zero-order chi connectivity index (χ0) is 11.0. The lowest BCUT2D eigenvalue weighted by Crippen LogP contribution is -2.27. The van der Waals surface area contributed by atoms with Crippen LogP contribution in [0.1, 0.15) is 24.6 Å². The van der Waals surface area contributed by atoms with Gasteiger partial charge >= 0.3 is 5.69 Å². The van der Waals surface area contributed by atoms with Crippen LogP contribution in [0, 0.1) is 11.6 Å². The van der Waals surface area contributed by atoms with Crippen LogP contribution in [0.4, 0.5) is 0 Å². The molecule has 1 aliphatic heterocycles. The molecule has 1 saturated heterocycles. The Balaban J connectivity index is 2.41. The van der Waals surface area contributed by atoms with E-state index in [4.69, 9.17) is 24.8 Å². The Morgan fingerprint density at radius 1 is 1.67 bits per heavy atom. The average molecular weight is 222 g/mol. The molecule has 1 aromatic heterocycles.